The molecule has 0 aromatic heterocycles. The zero-order valence-corrected chi connectivity index (χ0v) is 18.4. The third-order valence-corrected chi connectivity index (χ3v) is 5.64. The summed E-state index contributed by atoms with van der Waals surface area (Å²) in [5.41, 5.74) is 0.0119. The van der Waals surface area contributed by atoms with Crippen molar-refractivity contribution in [2.75, 3.05) is 0 Å². The molecule has 1 rings (SSSR count). The standard InChI is InChI=1S/C22H34O6S/c1-3-5-7-8-9-10-11-12-17-21(24)28-22-18(19(23)15-6-4-2)14-13-16-20(22)29(25,26)27/h13-14,16H,3-12,15,17H2,1-2H3,(H,25,26,27). The highest BCUT2D eigenvalue weighted by Gasteiger charge is 2.25. The number of esters is 1. The first kappa shape index (κ1) is 25.3. The Hall–Kier alpha value is -1.73. The van der Waals surface area contributed by atoms with Crippen LogP contribution in [0.4, 0.5) is 0 Å². The smallest absolute Gasteiger partial charge is 0.311 e. The van der Waals surface area contributed by atoms with Gasteiger partial charge in [0.25, 0.3) is 10.1 Å². The number of ether oxygens (including phenoxy) is 1. The van der Waals surface area contributed by atoms with Crippen LogP contribution in [-0.2, 0) is 14.9 Å². The highest BCUT2D eigenvalue weighted by Crippen LogP contribution is 2.30. The van der Waals surface area contributed by atoms with Crippen LogP contribution in [0.5, 0.6) is 5.75 Å². The highest BCUT2D eigenvalue weighted by atomic mass is 32.2. The van der Waals surface area contributed by atoms with Crippen molar-refractivity contribution in [2.45, 2.75) is 95.8 Å². The van der Waals surface area contributed by atoms with E-state index in [1.54, 1.807) is 0 Å². The van der Waals surface area contributed by atoms with E-state index in [0.717, 1.165) is 31.7 Å². The Bertz CT molecular complexity index is 755. The highest BCUT2D eigenvalue weighted by molar-refractivity contribution is 7.86. The number of para-hydroxylation sites is 1. The molecule has 0 atom stereocenters. The number of benzene rings is 1. The van der Waals surface area contributed by atoms with Gasteiger partial charge in [0, 0.05) is 12.8 Å². The van der Waals surface area contributed by atoms with Crippen molar-refractivity contribution in [3.05, 3.63) is 23.8 Å². The Kier molecular flexibility index (Phi) is 11.8. The lowest BCUT2D eigenvalue weighted by molar-refractivity contribution is -0.134. The third-order valence-electron chi connectivity index (χ3n) is 4.76. The molecule has 7 heteroatoms. The average molecular weight is 427 g/mol. The summed E-state index contributed by atoms with van der Waals surface area (Å²) in [7, 11) is -4.63. The fourth-order valence-electron chi connectivity index (χ4n) is 3.08. The van der Waals surface area contributed by atoms with Gasteiger partial charge in [-0.1, -0.05) is 71.3 Å². The lowest BCUT2D eigenvalue weighted by atomic mass is 10.0. The molecule has 1 N–H and O–H groups in total. The van der Waals surface area contributed by atoms with Crippen molar-refractivity contribution in [3.63, 3.8) is 0 Å². The van der Waals surface area contributed by atoms with Crippen molar-refractivity contribution in [3.8, 4) is 5.75 Å². The molecule has 0 unspecified atom stereocenters. The van der Waals surface area contributed by atoms with Crippen molar-refractivity contribution in [1.82, 2.24) is 0 Å². The summed E-state index contributed by atoms with van der Waals surface area (Å²) in [5.74, 6) is -1.27. The number of unbranched alkanes of at least 4 members (excludes halogenated alkanes) is 8. The van der Waals surface area contributed by atoms with Crippen molar-refractivity contribution >= 4 is 21.9 Å². The van der Waals surface area contributed by atoms with Crippen molar-refractivity contribution in [2.24, 2.45) is 0 Å². The number of Topliss-reactive ketones (excluding diaryl/α,β-unsaturated/α-hetero) is 1. The number of carbonyl (C=O) groups is 2. The molecule has 0 amide bonds. The summed E-state index contributed by atoms with van der Waals surface area (Å²) in [6, 6.07) is 3.91. The van der Waals surface area contributed by atoms with Gasteiger partial charge in [-0.2, -0.15) is 8.42 Å². The van der Waals surface area contributed by atoms with E-state index in [0.29, 0.717) is 12.8 Å². The lowest BCUT2D eigenvalue weighted by Crippen LogP contribution is -2.14. The zero-order chi connectivity index (χ0) is 21.7. The molecule has 164 valence electrons. The topological polar surface area (TPSA) is 97.7 Å². The molecule has 0 saturated carbocycles. The molecular formula is C22H34O6S. The molecule has 1 aromatic carbocycles. The minimum atomic E-state index is -4.63. The summed E-state index contributed by atoms with van der Waals surface area (Å²) >= 11 is 0. The molecule has 0 heterocycles. The third kappa shape index (κ3) is 9.54. The van der Waals surface area contributed by atoms with Gasteiger partial charge >= 0.3 is 5.97 Å². The second-order valence-corrected chi connectivity index (χ2v) is 8.72. The predicted octanol–water partition coefficient (Wildman–Crippen LogP) is 5.74. The van der Waals surface area contributed by atoms with E-state index in [4.69, 9.17) is 4.74 Å². The van der Waals surface area contributed by atoms with Gasteiger partial charge in [0.05, 0.1) is 5.56 Å². The maximum Gasteiger partial charge on any atom is 0.311 e. The molecule has 6 nitrogen and oxygen atoms in total. The number of hydrogen-bond donors (Lipinski definition) is 1. The molecule has 0 bridgehead atoms. The van der Waals surface area contributed by atoms with Gasteiger partial charge in [-0.05, 0) is 25.0 Å². The molecule has 0 fully saturated rings. The second kappa shape index (κ2) is 13.5. The predicted molar refractivity (Wildman–Crippen MR) is 113 cm³/mol. The van der Waals surface area contributed by atoms with Crippen LogP contribution >= 0.6 is 0 Å². The number of rotatable bonds is 15. The summed E-state index contributed by atoms with van der Waals surface area (Å²) < 4.78 is 38.1. The van der Waals surface area contributed by atoms with Gasteiger partial charge in [0.2, 0.25) is 0 Å². The molecule has 0 aliphatic heterocycles. The van der Waals surface area contributed by atoms with Crippen LogP contribution in [0.1, 0.15) is 101 Å². The van der Waals surface area contributed by atoms with Crippen LogP contribution in [0, 0.1) is 0 Å². The quantitative estimate of drug-likeness (QED) is 0.126. The first-order chi connectivity index (χ1) is 13.8. The van der Waals surface area contributed by atoms with E-state index in [1.807, 2.05) is 6.92 Å². The molecule has 0 aliphatic carbocycles. The molecule has 0 aliphatic rings. The lowest BCUT2D eigenvalue weighted by Gasteiger charge is -2.13. The van der Waals surface area contributed by atoms with Gasteiger partial charge in [-0.15, -0.1) is 0 Å². The van der Waals surface area contributed by atoms with Crippen LogP contribution in [0.3, 0.4) is 0 Å². The van der Waals surface area contributed by atoms with Crippen LogP contribution in [-0.4, -0.2) is 24.7 Å². The number of ketones is 1. The van der Waals surface area contributed by atoms with E-state index in [9.17, 15) is 22.6 Å². The monoisotopic (exact) mass is 426 g/mol. The van der Waals surface area contributed by atoms with E-state index >= 15 is 0 Å². The molecule has 1 aromatic rings. The Morgan fingerprint density at radius 3 is 2.03 bits per heavy atom. The van der Waals surface area contributed by atoms with Gasteiger partial charge in [-0.25, -0.2) is 0 Å². The van der Waals surface area contributed by atoms with Gasteiger partial charge in [-0.3, -0.25) is 14.1 Å². The second-order valence-electron chi connectivity index (χ2n) is 7.33. The zero-order valence-electron chi connectivity index (χ0n) is 17.6. The minimum absolute atomic E-state index is 0.0119. The average Bonchev–Trinajstić information content (AvgIpc) is 2.67. The van der Waals surface area contributed by atoms with E-state index in [-0.39, 0.29) is 29.9 Å². The fourth-order valence-corrected chi connectivity index (χ4v) is 3.72. The number of hydrogen-bond acceptors (Lipinski definition) is 5. The van der Waals surface area contributed by atoms with Crippen LogP contribution in [0.15, 0.2) is 23.1 Å². The number of carbonyl (C=O) groups excluding carboxylic acids is 2. The first-order valence-corrected chi connectivity index (χ1v) is 12.1. The Morgan fingerprint density at radius 2 is 1.45 bits per heavy atom. The van der Waals surface area contributed by atoms with Gasteiger partial charge in [0.1, 0.15) is 4.90 Å². The SMILES string of the molecule is CCCCCCCCCCC(=O)Oc1c(C(=O)CCCC)cccc1S(=O)(=O)O. The van der Waals surface area contributed by atoms with E-state index in [1.165, 1.54) is 37.8 Å². The van der Waals surface area contributed by atoms with E-state index in [2.05, 4.69) is 6.92 Å². The normalized spacial score (nSPS) is 11.4. The largest absolute Gasteiger partial charge is 0.424 e. The van der Waals surface area contributed by atoms with Crippen molar-refractivity contribution in [1.29, 1.82) is 0 Å². The fraction of sp³-hybridized carbons (Fsp3) is 0.636. The molecule has 0 saturated heterocycles. The van der Waals surface area contributed by atoms with Crippen LogP contribution in [0.2, 0.25) is 0 Å². The van der Waals surface area contributed by atoms with Gasteiger partial charge < -0.3 is 4.74 Å². The summed E-state index contributed by atoms with van der Waals surface area (Å²) in [6.07, 6.45) is 10.4. The van der Waals surface area contributed by atoms with Crippen LogP contribution < -0.4 is 4.74 Å². The Morgan fingerprint density at radius 1 is 0.862 bits per heavy atom. The first-order valence-electron chi connectivity index (χ1n) is 10.7. The molecular weight excluding hydrogens is 392 g/mol. The maximum atomic E-state index is 12.4. The summed E-state index contributed by atoms with van der Waals surface area (Å²) in [4.78, 5) is 24.1. The van der Waals surface area contributed by atoms with Crippen LogP contribution in [0.25, 0.3) is 0 Å². The Labute approximate surface area is 174 Å². The van der Waals surface area contributed by atoms with Gasteiger partial charge in [0.15, 0.2) is 11.5 Å². The summed E-state index contributed by atoms with van der Waals surface area (Å²) in [5, 5.41) is 0. The van der Waals surface area contributed by atoms with E-state index < -0.39 is 21.0 Å². The van der Waals surface area contributed by atoms with Crippen molar-refractivity contribution < 1.29 is 27.3 Å². The molecule has 0 radical (unpaired) electrons. The Balaban J connectivity index is 2.72. The summed E-state index contributed by atoms with van der Waals surface area (Å²) in [6.45, 7) is 4.11. The molecule has 29 heavy (non-hydrogen) atoms. The minimum Gasteiger partial charge on any atom is -0.424 e. The molecule has 0 spiro atoms. The maximum absolute atomic E-state index is 12.4.